The van der Waals surface area contributed by atoms with Gasteiger partial charge in [0.2, 0.25) is 0 Å². The second kappa shape index (κ2) is 3.90. The zero-order valence-electron chi connectivity index (χ0n) is 9.15. The number of H-pyrrole nitrogens is 1. The molecule has 1 aromatic rings. The van der Waals surface area contributed by atoms with Crippen LogP contribution in [0.3, 0.4) is 0 Å². The Bertz CT molecular complexity index is 577. The van der Waals surface area contributed by atoms with E-state index in [1.165, 1.54) is 6.26 Å². The predicted octanol–water partition coefficient (Wildman–Crippen LogP) is 0.531. The van der Waals surface area contributed by atoms with Gasteiger partial charge in [-0.05, 0) is 19.3 Å². The van der Waals surface area contributed by atoms with Crippen LogP contribution in [0.25, 0.3) is 0 Å². The Morgan fingerprint density at radius 3 is 2.81 bits per heavy atom. The average molecular weight is 259 g/mol. The van der Waals surface area contributed by atoms with Crippen LogP contribution in [0.1, 0.15) is 11.3 Å². The van der Waals surface area contributed by atoms with Gasteiger partial charge in [-0.25, -0.2) is 13.4 Å². The molecule has 2 rings (SSSR count). The number of aromatic nitrogens is 2. The molecule has 1 aliphatic heterocycles. The number of nitrogens with zero attached hydrogens (tertiary/aromatic N) is 2. The van der Waals surface area contributed by atoms with E-state index < -0.39 is 9.84 Å². The van der Waals surface area contributed by atoms with Crippen molar-refractivity contribution in [1.82, 2.24) is 14.9 Å². The zero-order chi connectivity index (χ0) is 11.9. The SMILES string of the molecule is CN1CCc2[nH]c(=S)nc(S(C)(=O)=O)c2C1. The fraction of sp³-hybridized carbons (Fsp3) is 0.556. The van der Waals surface area contributed by atoms with Crippen LogP contribution in [-0.2, 0) is 22.8 Å². The summed E-state index contributed by atoms with van der Waals surface area (Å²) in [5.41, 5.74) is 1.66. The molecule has 0 saturated heterocycles. The summed E-state index contributed by atoms with van der Waals surface area (Å²) in [6.45, 7) is 1.49. The summed E-state index contributed by atoms with van der Waals surface area (Å²) in [5.74, 6) is 0. The Labute approximate surface area is 99.4 Å². The highest BCUT2D eigenvalue weighted by Crippen LogP contribution is 2.21. The highest BCUT2D eigenvalue weighted by molar-refractivity contribution is 7.90. The first kappa shape index (κ1) is 11.7. The molecule has 0 unspecified atom stereocenters. The molecule has 0 amide bonds. The predicted molar refractivity (Wildman–Crippen MR) is 62.6 cm³/mol. The fourth-order valence-electron chi connectivity index (χ4n) is 1.86. The second-order valence-corrected chi connectivity index (χ2v) is 6.38. The highest BCUT2D eigenvalue weighted by Gasteiger charge is 2.23. The first-order valence-corrected chi connectivity index (χ1v) is 7.18. The zero-order valence-corrected chi connectivity index (χ0v) is 10.8. The van der Waals surface area contributed by atoms with Gasteiger partial charge in [0.05, 0.1) is 0 Å². The van der Waals surface area contributed by atoms with E-state index >= 15 is 0 Å². The molecule has 1 aliphatic rings. The van der Waals surface area contributed by atoms with E-state index in [4.69, 9.17) is 12.2 Å². The molecular formula is C9H13N3O2S2. The van der Waals surface area contributed by atoms with Gasteiger partial charge in [0.1, 0.15) is 0 Å². The number of hydrogen-bond donors (Lipinski definition) is 1. The number of rotatable bonds is 1. The van der Waals surface area contributed by atoms with Crippen LogP contribution in [0.2, 0.25) is 0 Å². The molecule has 7 heteroatoms. The van der Waals surface area contributed by atoms with Gasteiger partial charge < -0.3 is 9.88 Å². The number of aromatic amines is 1. The van der Waals surface area contributed by atoms with Crippen LogP contribution in [0.5, 0.6) is 0 Å². The largest absolute Gasteiger partial charge is 0.334 e. The quantitative estimate of drug-likeness (QED) is 0.589. The Balaban J connectivity index is 2.70. The second-order valence-electron chi connectivity index (χ2n) is 4.06. The van der Waals surface area contributed by atoms with E-state index in [2.05, 4.69) is 14.9 Å². The lowest BCUT2D eigenvalue weighted by atomic mass is 10.1. The van der Waals surface area contributed by atoms with E-state index in [1.54, 1.807) is 0 Å². The van der Waals surface area contributed by atoms with Crippen molar-refractivity contribution in [3.63, 3.8) is 0 Å². The molecule has 0 spiro atoms. The van der Waals surface area contributed by atoms with Crippen LogP contribution in [0.4, 0.5) is 0 Å². The molecule has 5 nitrogen and oxygen atoms in total. The van der Waals surface area contributed by atoms with E-state index in [0.29, 0.717) is 6.54 Å². The number of nitrogens with one attached hydrogen (secondary N) is 1. The Kier molecular flexibility index (Phi) is 2.85. The van der Waals surface area contributed by atoms with Crippen LogP contribution < -0.4 is 0 Å². The number of sulfone groups is 1. The Morgan fingerprint density at radius 1 is 1.50 bits per heavy atom. The lowest BCUT2D eigenvalue weighted by Gasteiger charge is -2.25. The van der Waals surface area contributed by atoms with Crippen LogP contribution in [0.15, 0.2) is 5.03 Å². The van der Waals surface area contributed by atoms with Crippen LogP contribution >= 0.6 is 12.2 Å². The van der Waals surface area contributed by atoms with E-state index in [0.717, 1.165) is 24.2 Å². The molecule has 0 aromatic carbocycles. The maximum absolute atomic E-state index is 11.6. The molecule has 0 radical (unpaired) electrons. The summed E-state index contributed by atoms with van der Waals surface area (Å²) in [6, 6.07) is 0. The maximum atomic E-state index is 11.6. The molecule has 0 bridgehead atoms. The number of hydrogen-bond acceptors (Lipinski definition) is 5. The van der Waals surface area contributed by atoms with Gasteiger partial charge in [0, 0.05) is 37.0 Å². The third-order valence-electron chi connectivity index (χ3n) is 2.61. The van der Waals surface area contributed by atoms with Gasteiger partial charge in [-0.1, -0.05) is 0 Å². The van der Waals surface area contributed by atoms with Gasteiger partial charge in [-0.2, -0.15) is 0 Å². The summed E-state index contributed by atoms with van der Waals surface area (Å²) in [7, 11) is -1.36. The summed E-state index contributed by atoms with van der Waals surface area (Å²) in [5, 5.41) is 0.123. The summed E-state index contributed by atoms with van der Waals surface area (Å²) < 4.78 is 23.5. The van der Waals surface area contributed by atoms with E-state index in [9.17, 15) is 8.42 Å². The minimum absolute atomic E-state index is 0.123. The molecule has 0 aliphatic carbocycles. The van der Waals surface area contributed by atoms with Gasteiger partial charge in [0.25, 0.3) is 0 Å². The van der Waals surface area contributed by atoms with Crippen molar-refractivity contribution in [3.8, 4) is 0 Å². The summed E-state index contributed by atoms with van der Waals surface area (Å²) in [6.07, 6.45) is 1.94. The van der Waals surface area contributed by atoms with Gasteiger partial charge in [-0.3, -0.25) is 0 Å². The summed E-state index contributed by atoms with van der Waals surface area (Å²) in [4.78, 5) is 8.98. The van der Waals surface area contributed by atoms with Crippen molar-refractivity contribution < 1.29 is 8.42 Å². The van der Waals surface area contributed by atoms with E-state index in [1.807, 2.05) is 7.05 Å². The van der Waals surface area contributed by atoms with Gasteiger partial charge in [0.15, 0.2) is 19.6 Å². The van der Waals surface area contributed by atoms with Gasteiger partial charge in [-0.15, -0.1) is 0 Å². The van der Waals surface area contributed by atoms with Crippen molar-refractivity contribution in [2.75, 3.05) is 19.8 Å². The third kappa shape index (κ3) is 2.16. The highest BCUT2D eigenvalue weighted by atomic mass is 32.2. The molecule has 88 valence electrons. The minimum atomic E-state index is -3.31. The van der Waals surface area contributed by atoms with Crippen molar-refractivity contribution >= 4 is 22.1 Å². The molecule has 1 aromatic heterocycles. The van der Waals surface area contributed by atoms with Crippen LogP contribution in [-0.4, -0.2) is 43.1 Å². The number of fused-ring (bicyclic) bond motifs is 1. The third-order valence-corrected chi connectivity index (χ3v) is 3.84. The van der Waals surface area contributed by atoms with Crippen molar-refractivity contribution in [3.05, 3.63) is 16.0 Å². The molecule has 0 fully saturated rings. The van der Waals surface area contributed by atoms with Crippen LogP contribution in [0, 0.1) is 4.77 Å². The molecule has 0 saturated carbocycles. The van der Waals surface area contributed by atoms with Crippen molar-refractivity contribution in [1.29, 1.82) is 0 Å². The minimum Gasteiger partial charge on any atom is -0.334 e. The average Bonchev–Trinajstić information content (AvgIpc) is 2.16. The fourth-order valence-corrected chi connectivity index (χ4v) is 3.02. The first-order valence-electron chi connectivity index (χ1n) is 4.88. The molecule has 0 atom stereocenters. The normalized spacial score (nSPS) is 17.1. The molecule has 2 heterocycles. The van der Waals surface area contributed by atoms with E-state index in [-0.39, 0.29) is 9.80 Å². The molecule has 16 heavy (non-hydrogen) atoms. The topological polar surface area (TPSA) is 66.1 Å². The van der Waals surface area contributed by atoms with Crippen molar-refractivity contribution in [2.24, 2.45) is 0 Å². The smallest absolute Gasteiger partial charge is 0.198 e. The van der Waals surface area contributed by atoms with Gasteiger partial charge >= 0.3 is 0 Å². The monoisotopic (exact) mass is 259 g/mol. The lowest BCUT2D eigenvalue weighted by Crippen LogP contribution is -2.29. The standard InChI is InChI=1S/C9H13N3O2S2/c1-12-4-3-7-6(5-12)8(16(2,13)14)11-9(15)10-7/h3-5H2,1-2H3,(H,10,11,15). The molecule has 1 N–H and O–H groups in total. The molecular weight excluding hydrogens is 246 g/mol. The van der Waals surface area contributed by atoms with Crippen molar-refractivity contribution in [2.45, 2.75) is 18.0 Å². The summed E-state index contributed by atoms with van der Waals surface area (Å²) >= 11 is 4.94. The lowest BCUT2D eigenvalue weighted by molar-refractivity contribution is 0.304. The number of likely N-dealkylation sites (N-methyl/N-ethyl adjacent to an activating group) is 1. The first-order chi connectivity index (χ1) is 7.38. The Hall–Kier alpha value is -0.790. The Morgan fingerprint density at radius 2 is 2.19 bits per heavy atom. The maximum Gasteiger partial charge on any atom is 0.198 e.